The number of nitrogens with one attached hydrogen (secondary N) is 1. The van der Waals surface area contributed by atoms with E-state index in [0.29, 0.717) is 11.5 Å². The molecule has 0 saturated heterocycles. The summed E-state index contributed by atoms with van der Waals surface area (Å²) in [5.41, 5.74) is 0.571. The van der Waals surface area contributed by atoms with Gasteiger partial charge in [-0.15, -0.1) is 0 Å². The zero-order chi connectivity index (χ0) is 13.5. The van der Waals surface area contributed by atoms with Crippen LogP contribution in [0, 0.1) is 17.2 Å². The fourth-order valence-electron chi connectivity index (χ4n) is 2.84. The fourth-order valence-corrected chi connectivity index (χ4v) is 2.84. The molecule has 102 valence electrons. The molecule has 4 nitrogen and oxygen atoms in total. The molecule has 1 aromatic rings. The lowest BCUT2D eigenvalue weighted by atomic mass is 9.83. The number of nitrogens with zero attached hydrogens (tertiary/aromatic N) is 2. The predicted octanol–water partition coefficient (Wildman–Crippen LogP) is 2.70. The largest absolute Gasteiger partial charge is 0.396 e. The molecule has 2 rings (SSSR count). The highest BCUT2D eigenvalue weighted by Crippen LogP contribution is 2.29. The second-order valence-corrected chi connectivity index (χ2v) is 5.21. The Balaban J connectivity index is 2.00. The first-order valence-corrected chi connectivity index (χ1v) is 7.07. The minimum atomic E-state index is 0.199. The van der Waals surface area contributed by atoms with E-state index in [1.165, 1.54) is 32.1 Å². The maximum absolute atomic E-state index is 9.22. The van der Waals surface area contributed by atoms with Crippen LogP contribution in [-0.2, 0) is 0 Å². The zero-order valence-electron chi connectivity index (χ0n) is 11.2. The summed E-state index contributed by atoms with van der Waals surface area (Å²) in [5.74, 6) is 1.42. The topological polar surface area (TPSA) is 68.9 Å². The maximum Gasteiger partial charge on any atom is 0.126 e. The van der Waals surface area contributed by atoms with E-state index in [0.717, 1.165) is 12.2 Å². The summed E-state index contributed by atoms with van der Waals surface area (Å²) < 4.78 is 0. The van der Waals surface area contributed by atoms with Crippen molar-refractivity contribution in [3.63, 3.8) is 0 Å². The van der Waals surface area contributed by atoms with E-state index in [1.807, 2.05) is 6.07 Å². The molecule has 1 atom stereocenters. The summed E-state index contributed by atoms with van der Waals surface area (Å²) in [5, 5.41) is 21.4. The number of aromatic nitrogens is 1. The number of nitriles is 1. The van der Waals surface area contributed by atoms with Gasteiger partial charge in [-0.1, -0.05) is 19.3 Å². The summed E-state index contributed by atoms with van der Waals surface area (Å²) in [6, 6.07) is 5.96. The van der Waals surface area contributed by atoms with Gasteiger partial charge in [0.05, 0.1) is 5.56 Å². The molecule has 4 heteroatoms. The first kappa shape index (κ1) is 13.8. The van der Waals surface area contributed by atoms with Crippen LogP contribution in [0.4, 0.5) is 5.82 Å². The van der Waals surface area contributed by atoms with Crippen molar-refractivity contribution >= 4 is 5.82 Å². The predicted molar refractivity (Wildman–Crippen MR) is 74.6 cm³/mol. The number of aliphatic hydroxyl groups is 1. The number of hydrogen-bond acceptors (Lipinski definition) is 4. The van der Waals surface area contributed by atoms with Gasteiger partial charge in [0, 0.05) is 18.8 Å². The van der Waals surface area contributed by atoms with Crippen LogP contribution < -0.4 is 5.32 Å². The van der Waals surface area contributed by atoms with Crippen molar-refractivity contribution < 1.29 is 5.11 Å². The smallest absolute Gasteiger partial charge is 0.126 e. The van der Waals surface area contributed by atoms with E-state index in [4.69, 9.17) is 5.26 Å². The van der Waals surface area contributed by atoms with E-state index < -0.39 is 0 Å². The second-order valence-electron chi connectivity index (χ2n) is 5.21. The molecule has 0 unspecified atom stereocenters. The van der Waals surface area contributed by atoms with E-state index in [2.05, 4.69) is 16.4 Å². The molecule has 1 saturated carbocycles. The van der Waals surface area contributed by atoms with Crippen molar-refractivity contribution in [2.24, 2.45) is 5.92 Å². The van der Waals surface area contributed by atoms with Crippen LogP contribution in [0.15, 0.2) is 18.3 Å². The van der Waals surface area contributed by atoms with Gasteiger partial charge < -0.3 is 10.4 Å². The van der Waals surface area contributed by atoms with E-state index in [-0.39, 0.29) is 12.6 Å². The molecule has 0 radical (unpaired) electrons. The Morgan fingerprint density at radius 2 is 2.16 bits per heavy atom. The van der Waals surface area contributed by atoms with Gasteiger partial charge in [0.2, 0.25) is 0 Å². The summed E-state index contributed by atoms with van der Waals surface area (Å²) in [4.78, 5) is 4.25. The van der Waals surface area contributed by atoms with Crippen molar-refractivity contribution in [2.75, 3.05) is 11.9 Å². The molecular weight excluding hydrogens is 238 g/mol. The number of pyridine rings is 1. The molecule has 1 heterocycles. The van der Waals surface area contributed by atoms with Crippen LogP contribution in [0.1, 0.15) is 44.1 Å². The maximum atomic E-state index is 9.22. The van der Waals surface area contributed by atoms with Crippen molar-refractivity contribution in [3.05, 3.63) is 23.9 Å². The van der Waals surface area contributed by atoms with Gasteiger partial charge in [0.25, 0.3) is 0 Å². The average molecular weight is 259 g/mol. The van der Waals surface area contributed by atoms with Crippen LogP contribution in [0.5, 0.6) is 0 Å². The van der Waals surface area contributed by atoms with Crippen LogP contribution >= 0.6 is 0 Å². The molecule has 2 N–H and O–H groups in total. The molecule has 19 heavy (non-hydrogen) atoms. The third-order valence-electron chi connectivity index (χ3n) is 3.88. The van der Waals surface area contributed by atoms with Gasteiger partial charge in [0.15, 0.2) is 0 Å². The lowest BCUT2D eigenvalue weighted by Crippen LogP contribution is -2.32. The molecule has 1 aliphatic carbocycles. The lowest BCUT2D eigenvalue weighted by molar-refractivity contribution is 0.239. The molecule has 1 aliphatic rings. The number of anilines is 1. The monoisotopic (exact) mass is 259 g/mol. The standard InChI is InChI=1S/C15H21N3O/c16-10-12-6-7-15(17-11-12)18-14(8-9-19)13-4-2-1-3-5-13/h6-7,11,13-14,19H,1-5,8-9H2,(H,17,18)/t14-/m0/s1. The van der Waals surface area contributed by atoms with Gasteiger partial charge in [-0.05, 0) is 37.3 Å². The third-order valence-corrected chi connectivity index (χ3v) is 3.88. The molecule has 0 aliphatic heterocycles. The van der Waals surface area contributed by atoms with Crippen molar-refractivity contribution in [3.8, 4) is 6.07 Å². The normalized spacial score (nSPS) is 17.7. The summed E-state index contributed by atoms with van der Waals surface area (Å²) in [7, 11) is 0. The first-order chi connectivity index (χ1) is 9.33. The molecule has 0 aromatic carbocycles. The van der Waals surface area contributed by atoms with Gasteiger partial charge in [-0.2, -0.15) is 5.26 Å². The van der Waals surface area contributed by atoms with Gasteiger partial charge in [-0.25, -0.2) is 4.98 Å². The Morgan fingerprint density at radius 3 is 2.74 bits per heavy atom. The second kappa shape index (κ2) is 7.10. The SMILES string of the molecule is N#Cc1ccc(N[C@@H](CCO)C2CCCCC2)nc1. The van der Waals surface area contributed by atoms with Crippen LogP contribution in [0.25, 0.3) is 0 Å². The molecular formula is C15H21N3O. The first-order valence-electron chi connectivity index (χ1n) is 7.07. The van der Waals surface area contributed by atoms with Crippen molar-refractivity contribution in [2.45, 2.75) is 44.6 Å². The highest BCUT2D eigenvalue weighted by Gasteiger charge is 2.23. The van der Waals surface area contributed by atoms with E-state index >= 15 is 0 Å². The van der Waals surface area contributed by atoms with Gasteiger partial charge in [-0.3, -0.25) is 0 Å². The Bertz CT molecular complexity index is 418. The Kier molecular flexibility index (Phi) is 5.17. The molecule has 0 bridgehead atoms. The Morgan fingerprint density at radius 1 is 1.37 bits per heavy atom. The number of rotatable bonds is 5. The zero-order valence-corrected chi connectivity index (χ0v) is 11.2. The highest BCUT2D eigenvalue weighted by molar-refractivity contribution is 5.39. The van der Waals surface area contributed by atoms with E-state index in [1.54, 1.807) is 12.3 Å². The lowest BCUT2D eigenvalue weighted by Gasteiger charge is -2.31. The highest BCUT2D eigenvalue weighted by atomic mass is 16.3. The Hall–Kier alpha value is -1.60. The Labute approximate surface area is 114 Å². The molecule has 1 aromatic heterocycles. The molecule has 0 amide bonds. The molecule has 0 spiro atoms. The van der Waals surface area contributed by atoms with Crippen LogP contribution in [-0.4, -0.2) is 22.7 Å². The van der Waals surface area contributed by atoms with Crippen molar-refractivity contribution in [1.29, 1.82) is 5.26 Å². The van der Waals surface area contributed by atoms with Crippen LogP contribution in [0.3, 0.4) is 0 Å². The fraction of sp³-hybridized carbons (Fsp3) is 0.600. The van der Waals surface area contributed by atoms with Crippen LogP contribution in [0.2, 0.25) is 0 Å². The summed E-state index contributed by atoms with van der Waals surface area (Å²) in [6.07, 6.45) is 8.70. The van der Waals surface area contributed by atoms with Gasteiger partial charge >= 0.3 is 0 Å². The number of aliphatic hydroxyl groups excluding tert-OH is 1. The minimum absolute atomic E-state index is 0.199. The quantitative estimate of drug-likeness (QED) is 0.853. The molecule has 1 fully saturated rings. The summed E-state index contributed by atoms with van der Waals surface area (Å²) in [6.45, 7) is 0.199. The average Bonchev–Trinajstić information content (AvgIpc) is 2.48. The van der Waals surface area contributed by atoms with Crippen molar-refractivity contribution in [1.82, 2.24) is 4.98 Å². The minimum Gasteiger partial charge on any atom is -0.396 e. The van der Waals surface area contributed by atoms with Gasteiger partial charge in [0.1, 0.15) is 11.9 Å². The number of hydrogen-bond donors (Lipinski definition) is 2. The third kappa shape index (κ3) is 3.93. The summed E-state index contributed by atoms with van der Waals surface area (Å²) >= 11 is 0. The van der Waals surface area contributed by atoms with E-state index in [9.17, 15) is 5.11 Å².